The molecule has 1 aliphatic rings. The molecule has 0 heterocycles. The van der Waals surface area contributed by atoms with Crippen LogP contribution in [0, 0.1) is 0 Å². The van der Waals surface area contributed by atoms with E-state index in [2.05, 4.69) is 10.5 Å². The standard InChI is InChI=1S/C16H23N3O4S/c1-23-15-11-7-6-10-14(15)19(24(2,21)22)12-16(20)18-17-13-8-4-3-5-9-13/h6-7,10-11H,3-5,8-9,12H2,1-2H3,(H,18,20). The molecule has 7 nitrogen and oxygen atoms in total. The van der Waals surface area contributed by atoms with Crippen LogP contribution < -0.4 is 14.5 Å². The lowest BCUT2D eigenvalue weighted by Gasteiger charge is -2.23. The fourth-order valence-corrected chi connectivity index (χ4v) is 3.46. The Balaban J connectivity index is 2.13. The van der Waals surface area contributed by atoms with E-state index in [-0.39, 0.29) is 6.54 Å². The fourth-order valence-electron chi connectivity index (χ4n) is 2.60. The van der Waals surface area contributed by atoms with Gasteiger partial charge in [0.25, 0.3) is 5.91 Å². The molecule has 0 unspecified atom stereocenters. The molecule has 0 saturated heterocycles. The molecule has 0 radical (unpaired) electrons. The summed E-state index contributed by atoms with van der Waals surface area (Å²) < 4.78 is 30.4. The number of carbonyl (C=O) groups is 1. The zero-order valence-corrected chi connectivity index (χ0v) is 14.8. The normalized spacial score (nSPS) is 14.8. The Morgan fingerprint density at radius 1 is 1.25 bits per heavy atom. The summed E-state index contributed by atoms with van der Waals surface area (Å²) in [6, 6.07) is 6.67. The minimum atomic E-state index is -3.64. The van der Waals surface area contributed by atoms with Crippen molar-refractivity contribution in [3.05, 3.63) is 24.3 Å². The van der Waals surface area contributed by atoms with Crippen molar-refractivity contribution in [1.82, 2.24) is 5.43 Å². The summed E-state index contributed by atoms with van der Waals surface area (Å²) in [6.07, 6.45) is 6.14. The molecule has 1 N–H and O–H groups in total. The maximum Gasteiger partial charge on any atom is 0.260 e. The number of para-hydroxylation sites is 2. The zero-order chi connectivity index (χ0) is 17.6. The minimum absolute atomic E-state index is 0.322. The summed E-state index contributed by atoms with van der Waals surface area (Å²) in [7, 11) is -2.19. The molecule has 0 spiro atoms. The lowest BCUT2D eigenvalue weighted by Crippen LogP contribution is -2.39. The smallest absolute Gasteiger partial charge is 0.260 e. The van der Waals surface area contributed by atoms with Gasteiger partial charge in [-0.05, 0) is 37.8 Å². The monoisotopic (exact) mass is 353 g/mol. The van der Waals surface area contributed by atoms with Gasteiger partial charge in [-0.1, -0.05) is 18.6 Å². The number of hydrogen-bond donors (Lipinski definition) is 1. The van der Waals surface area contributed by atoms with Crippen molar-refractivity contribution < 1.29 is 17.9 Å². The van der Waals surface area contributed by atoms with E-state index in [4.69, 9.17) is 4.74 Å². The van der Waals surface area contributed by atoms with Gasteiger partial charge in [-0.25, -0.2) is 13.8 Å². The third kappa shape index (κ3) is 4.95. The van der Waals surface area contributed by atoms with Gasteiger partial charge in [0.1, 0.15) is 12.3 Å². The first-order valence-electron chi connectivity index (χ1n) is 7.87. The summed E-state index contributed by atoms with van der Waals surface area (Å²) in [4.78, 5) is 12.2. The minimum Gasteiger partial charge on any atom is -0.495 e. The van der Waals surface area contributed by atoms with Gasteiger partial charge in [0.05, 0.1) is 19.1 Å². The van der Waals surface area contributed by atoms with Crippen LogP contribution in [0.15, 0.2) is 29.4 Å². The second kappa shape index (κ2) is 8.14. The Morgan fingerprint density at radius 2 is 1.92 bits per heavy atom. The molecule has 24 heavy (non-hydrogen) atoms. The van der Waals surface area contributed by atoms with E-state index in [0.29, 0.717) is 11.4 Å². The largest absolute Gasteiger partial charge is 0.495 e. The third-order valence-corrected chi connectivity index (χ3v) is 4.94. The van der Waals surface area contributed by atoms with Crippen LogP contribution in [0.4, 0.5) is 5.69 Å². The van der Waals surface area contributed by atoms with Gasteiger partial charge in [-0.15, -0.1) is 0 Å². The highest BCUT2D eigenvalue weighted by Gasteiger charge is 2.23. The summed E-state index contributed by atoms with van der Waals surface area (Å²) >= 11 is 0. The van der Waals surface area contributed by atoms with Crippen molar-refractivity contribution >= 4 is 27.3 Å². The lowest BCUT2D eigenvalue weighted by atomic mass is 9.99. The van der Waals surface area contributed by atoms with Crippen molar-refractivity contribution in [3.63, 3.8) is 0 Å². The van der Waals surface area contributed by atoms with Crippen LogP contribution in [0.3, 0.4) is 0 Å². The number of hydrogen-bond acceptors (Lipinski definition) is 5. The first-order chi connectivity index (χ1) is 11.4. The van der Waals surface area contributed by atoms with Crippen LogP contribution in [0.2, 0.25) is 0 Å². The Kier molecular flexibility index (Phi) is 6.19. The topological polar surface area (TPSA) is 88.1 Å². The number of benzene rings is 1. The molecule has 1 aromatic carbocycles. The summed E-state index contributed by atoms with van der Waals surface area (Å²) in [5.74, 6) is -0.0984. The average Bonchev–Trinajstić information content (AvgIpc) is 2.58. The first-order valence-corrected chi connectivity index (χ1v) is 9.71. The van der Waals surface area contributed by atoms with Crippen molar-refractivity contribution in [2.24, 2.45) is 5.10 Å². The van der Waals surface area contributed by atoms with Crippen molar-refractivity contribution in [2.75, 3.05) is 24.2 Å². The number of amides is 1. The second-order valence-electron chi connectivity index (χ2n) is 5.72. The van der Waals surface area contributed by atoms with E-state index in [1.165, 1.54) is 13.5 Å². The van der Waals surface area contributed by atoms with Crippen LogP contribution in [0.5, 0.6) is 5.75 Å². The Morgan fingerprint density at radius 3 is 2.54 bits per heavy atom. The number of sulfonamides is 1. The number of methoxy groups -OCH3 is 1. The van der Waals surface area contributed by atoms with E-state index in [0.717, 1.165) is 42.0 Å². The van der Waals surface area contributed by atoms with Crippen LogP contribution in [-0.4, -0.2) is 39.9 Å². The number of anilines is 1. The van der Waals surface area contributed by atoms with Crippen molar-refractivity contribution in [1.29, 1.82) is 0 Å². The Labute approximate surface area is 142 Å². The number of ether oxygens (including phenoxy) is 1. The quantitative estimate of drug-likeness (QED) is 0.791. The zero-order valence-electron chi connectivity index (χ0n) is 14.0. The molecule has 0 aliphatic heterocycles. The summed E-state index contributed by atoms with van der Waals surface area (Å²) in [5.41, 5.74) is 3.74. The van der Waals surface area contributed by atoms with Crippen LogP contribution in [-0.2, 0) is 14.8 Å². The maximum atomic E-state index is 12.2. The number of carbonyl (C=O) groups excluding carboxylic acids is 1. The SMILES string of the molecule is COc1ccccc1N(CC(=O)NN=C1CCCCC1)S(C)(=O)=O. The first kappa shape index (κ1) is 18.3. The molecule has 132 valence electrons. The van der Waals surface area contributed by atoms with E-state index in [1.807, 2.05) is 0 Å². The molecular weight excluding hydrogens is 330 g/mol. The van der Waals surface area contributed by atoms with Gasteiger partial charge in [0.2, 0.25) is 10.0 Å². The molecule has 1 amide bonds. The van der Waals surface area contributed by atoms with Gasteiger partial charge in [-0.2, -0.15) is 5.10 Å². The second-order valence-corrected chi connectivity index (χ2v) is 7.62. The van der Waals surface area contributed by atoms with Crippen LogP contribution in [0.1, 0.15) is 32.1 Å². The molecule has 0 atom stereocenters. The van der Waals surface area contributed by atoms with Gasteiger partial charge in [0.15, 0.2) is 0 Å². The Hall–Kier alpha value is -2.09. The van der Waals surface area contributed by atoms with E-state index in [1.54, 1.807) is 24.3 Å². The highest BCUT2D eigenvalue weighted by atomic mass is 32.2. The van der Waals surface area contributed by atoms with Crippen molar-refractivity contribution in [2.45, 2.75) is 32.1 Å². The molecule has 1 aliphatic carbocycles. The number of nitrogens with zero attached hydrogens (tertiary/aromatic N) is 2. The van der Waals surface area contributed by atoms with E-state index in [9.17, 15) is 13.2 Å². The maximum absolute atomic E-state index is 12.2. The van der Waals surface area contributed by atoms with Crippen LogP contribution in [0.25, 0.3) is 0 Å². The summed E-state index contributed by atoms with van der Waals surface area (Å²) in [5, 5.41) is 4.12. The number of hydrazone groups is 1. The predicted molar refractivity (Wildman–Crippen MR) is 93.8 cm³/mol. The van der Waals surface area contributed by atoms with Crippen LogP contribution >= 0.6 is 0 Å². The van der Waals surface area contributed by atoms with Gasteiger partial charge < -0.3 is 4.74 Å². The molecule has 1 fully saturated rings. The highest BCUT2D eigenvalue weighted by Crippen LogP contribution is 2.29. The van der Waals surface area contributed by atoms with E-state index >= 15 is 0 Å². The summed E-state index contributed by atoms with van der Waals surface area (Å²) in [6.45, 7) is -0.351. The molecule has 2 rings (SSSR count). The van der Waals surface area contributed by atoms with Gasteiger partial charge >= 0.3 is 0 Å². The van der Waals surface area contributed by atoms with Gasteiger partial charge in [-0.3, -0.25) is 9.10 Å². The fraction of sp³-hybridized carbons (Fsp3) is 0.500. The molecule has 0 aromatic heterocycles. The average molecular weight is 353 g/mol. The van der Waals surface area contributed by atoms with Crippen molar-refractivity contribution in [3.8, 4) is 5.75 Å². The molecule has 1 aromatic rings. The molecule has 0 bridgehead atoms. The molecular formula is C16H23N3O4S. The Bertz CT molecular complexity index is 708. The number of nitrogens with one attached hydrogen (secondary N) is 1. The predicted octanol–water partition coefficient (Wildman–Crippen LogP) is 1.90. The highest BCUT2D eigenvalue weighted by molar-refractivity contribution is 7.92. The van der Waals surface area contributed by atoms with Gasteiger partial charge in [0, 0.05) is 5.71 Å². The number of rotatable bonds is 6. The van der Waals surface area contributed by atoms with E-state index < -0.39 is 15.9 Å². The molecule has 8 heteroatoms. The molecule has 1 saturated carbocycles. The lowest BCUT2D eigenvalue weighted by molar-refractivity contribution is -0.119. The third-order valence-electron chi connectivity index (χ3n) is 3.81.